The van der Waals surface area contributed by atoms with Gasteiger partial charge in [0.1, 0.15) is 11.5 Å². The van der Waals surface area contributed by atoms with Gasteiger partial charge in [0.05, 0.1) is 26.9 Å². The molecule has 0 unspecified atom stereocenters. The van der Waals surface area contributed by atoms with E-state index in [-0.39, 0.29) is 0 Å². The van der Waals surface area contributed by atoms with Crippen molar-refractivity contribution in [2.75, 3.05) is 40.0 Å². The van der Waals surface area contributed by atoms with Crippen LogP contribution in [0.25, 0.3) is 0 Å². The molecule has 0 bridgehead atoms. The molecule has 1 saturated heterocycles. The van der Waals surface area contributed by atoms with Gasteiger partial charge >= 0.3 is 0 Å². The van der Waals surface area contributed by atoms with Crippen molar-refractivity contribution >= 4 is 0 Å². The lowest BCUT2D eigenvalue weighted by Crippen LogP contribution is -2.26. The third kappa shape index (κ3) is 5.61. The van der Waals surface area contributed by atoms with Crippen molar-refractivity contribution in [3.05, 3.63) is 53.3 Å². The summed E-state index contributed by atoms with van der Waals surface area (Å²) in [4.78, 5) is 0. The molecule has 26 heavy (non-hydrogen) atoms. The fraction of sp³-hybridized carbons (Fsp3) is 0.545. The number of allylic oxidation sites excluding steroid dienone is 2. The van der Waals surface area contributed by atoms with Gasteiger partial charge in [-0.3, -0.25) is 0 Å². The van der Waals surface area contributed by atoms with Crippen molar-refractivity contribution < 1.29 is 14.2 Å². The molecule has 4 nitrogen and oxygen atoms in total. The topological polar surface area (TPSA) is 39.7 Å². The molecule has 0 aromatic heterocycles. The first-order valence-corrected chi connectivity index (χ1v) is 9.81. The lowest BCUT2D eigenvalue weighted by atomic mass is 9.90. The predicted octanol–water partition coefficient (Wildman–Crippen LogP) is 4.19. The SMILES string of the molecule is COC1=CCCC=C1COCCCOc1ccc(C2CCNCC2)cc1. The zero-order valence-electron chi connectivity index (χ0n) is 15.8. The Kier molecular flexibility index (Phi) is 7.59. The van der Waals surface area contributed by atoms with Crippen molar-refractivity contribution in [3.63, 3.8) is 0 Å². The fourth-order valence-corrected chi connectivity index (χ4v) is 3.57. The highest BCUT2D eigenvalue weighted by Gasteiger charge is 2.14. The number of methoxy groups -OCH3 is 1. The van der Waals surface area contributed by atoms with E-state index in [1.165, 1.54) is 18.4 Å². The Labute approximate surface area is 157 Å². The molecular weight excluding hydrogens is 326 g/mol. The Balaban J connectivity index is 1.31. The van der Waals surface area contributed by atoms with Gasteiger partial charge < -0.3 is 19.5 Å². The second-order valence-electron chi connectivity index (χ2n) is 6.93. The summed E-state index contributed by atoms with van der Waals surface area (Å²) in [6.07, 6.45) is 9.81. The Bertz CT molecular complexity index is 600. The number of benzene rings is 1. The highest BCUT2D eigenvalue weighted by atomic mass is 16.5. The predicted molar refractivity (Wildman–Crippen MR) is 105 cm³/mol. The van der Waals surface area contributed by atoms with Gasteiger partial charge in [0.15, 0.2) is 0 Å². The Morgan fingerprint density at radius 3 is 2.54 bits per heavy atom. The monoisotopic (exact) mass is 357 g/mol. The first-order chi connectivity index (χ1) is 12.9. The second-order valence-corrected chi connectivity index (χ2v) is 6.93. The lowest BCUT2D eigenvalue weighted by molar-refractivity contribution is 0.133. The molecule has 1 aliphatic heterocycles. The van der Waals surface area contributed by atoms with E-state index >= 15 is 0 Å². The first-order valence-electron chi connectivity index (χ1n) is 9.81. The molecule has 0 spiro atoms. The van der Waals surface area contributed by atoms with E-state index in [0.717, 1.165) is 49.4 Å². The van der Waals surface area contributed by atoms with Gasteiger partial charge in [-0.05, 0) is 68.5 Å². The minimum atomic E-state index is 0.616. The van der Waals surface area contributed by atoms with Crippen LogP contribution in [0.3, 0.4) is 0 Å². The molecule has 0 saturated carbocycles. The molecule has 1 fully saturated rings. The molecule has 1 heterocycles. The molecule has 1 aromatic carbocycles. The van der Waals surface area contributed by atoms with E-state index < -0.39 is 0 Å². The van der Waals surface area contributed by atoms with E-state index in [2.05, 4.69) is 41.7 Å². The van der Waals surface area contributed by atoms with Gasteiger partial charge in [-0.2, -0.15) is 0 Å². The normalized spacial score (nSPS) is 18.2. The van der Waals surface area contributed by atoms with Crippen LogP contribution in [-0.2, 0) is 9.47 Å². The molecule has 3 rings (SSSR count). The average Bonchev–Trinajstić information content (AvgIpc) is 2.72. The maximum absolute atomic E-state index is 5.84. The van der Waals surface area contributed by atoms with Gasteiger partial charge in [-0.25, -0.2) is 0 Å². The van der Waals surface area contributed by atoms with Gasteiger partial charge in [0.2, 0.25) is 0 Å². The third-order valence-electron chi connectivity index (χ3n) is 5.07. The lowest BCUT2D eigenvalue weighted by Gasteiger charge is -2.23. The van der Waals surface area contributed by atoms with Crippen LogP contribution >= 0.6 is 0 Å². The van der Waals surface area contributed by atoms with E-state index in [1.807, 2.05) is 0 Å². The van der Waals surface area contributed by atoms with Gasteiger partial charge in [0, 0.05) is 12.0 Å². The maximum Gasteiger partial charge on any atom is 0.120 e. The van der Waals surface area contributed by atoms with Crippen molar-refractivity contribution in [2.45, 2.75) is 38.0 Å². The molecule has 1 aromatic rings. The zero-order chi connectivity index (χ0) is 18.0. The molecule has 2 aliphatic rings. The van der Waals surface area contributed by atoms with Gasteiger partial charge in [0.25, 0.3) is 0 Å². The number of piperidine rings is 1. The maximum atomic E-state index is 5.84. The molecule has 1 N–H and O–H groups in total. The Morgan fingerprint density at radius 1 is 1.00 bits per heavy atom. The van der Waals surface area contributed by atoms with Crippen LogP contribution in [0.2, 0.25) is 0 Å². The summed E-state index contributed by atoms with van der Waals surface area (Å²) in [6, 6.07) is 8.63. The van der Waals surface area contributed by atoms with Crippen molar-refractivity contribution in [2.24, 2.45) is 0 Å². The number of hydrogen-bond acceptors (Lipinski definition) is 4. The number of nitrogens with one attached hydrogen (secondary N) is 1. The van der Waals surface area contributed by atoms with Crippen molar-refractivity contribution in [1.82, 2.24) is 5.32 Å². The molecule has 4 heteroatoms. The molecule has 142 valence electrons. The molecular formula is C22H31NO3. The summed E-state index contributed by atoms with van der Waals surface area (Å²) in [6.45, 7) is 4.24. The van der Waals surface area contributed by atoms with Crippen LogP contribution < -0.4 is 10.1 Å². The molecule has 1 aliphatic carbocycles. The summed E-state index contributed by atoms with van der Waals surface area (Å²) >= 11 is 0. The minimum absolute atomic E-state index is 0.616. The Hall–Kier alpha value is -1.78. The van der Waals surface area contributed by atoms with Gasteiger partial charge in [-0.15, -0.1) is 0 Å². The van der Waals surface area contributed by atoms with Crippen LogP contribution in [-0.4, -0.2) is 40.0 Å². The van der Waals surface area contributed by atoms with Crippen LogP contribution in [0, 0.1) is 0 Å². The van der Waals surface area contributed by atoms with Crippen LogP contribution in [0.5, 0.6) is 5.75 Å². The fourth-order valence-electron chi connectivity index (χ4n) is 3.57. The highest BCUT2D eigenvalue weighted by molar-refractivity contribution is 5.30. The summed E-state index contributed by atoms with van der Waals surface area (Å²) in [5.41, 5.74) is 2.60. The largest absolute Gasteiger partial charge is 0.497 e. The van der Waals surface area contributed by atoms with Crippen molar-refractivity contribution in [3.8, 4) is 5.75 Å². The van der Waals surface area contributed by atoms with E-state index in [9.17, 15) is 0 Å². The quantitative estimate of drug-likeness (QED) is 0.673. The minimum Gasteiger partial charge on any atom is -0.497 e. The summed E-state index contributed by atoms with van der Waals surface area (Å²) in [5, 5.41) is 3.42. The molecule has 0 radical (unpaired) electrons. The average molecular weight is 357 g/mol. The summed E-state index contributed by atoms with van der Waals surface area (Å²) in [5.74, 6) is 2.60. The summed E-state index contributed by atoms with van der Waals surface area (Å²) < 4.78 is 17.0. The van der Waals surface area contributed by atoms with Gasteiger partial charge in [-0.1, -0.05) is 18.2 Å². The molecule has 0 amide bonds. The van der Waals surface area contributed by atoms with E-state index in [0.29, 0.717) is 25.7 Å². The van der Waals surface area contributed by atoms with E-state index in [4.69, 9.17) is 14.2 Å². The number of ether oxygens (including phenoxy) is 3. The van der Waals surface area contributed by atoms with Crippen LogP contribution in [0.4, 0.5) is 0 Å². The molecule has 0 atom stereocenters. The zero-order valence-corrected chi connectivity index (χ0v) is 15.8. The van der Waals surface area contributed by atoms with Crippen LogP contribution in [0.15, 0.2) is 47.7 Å². The van der Waals surface area contributed by atoms with E-state index in [1.54, 1.807) is 7.11 Å². The van der Waals surface area contributed by atoms with Crippen molar-refractivity contribution in [1.29, 1.82) is 0 Å². The van der Waals surface area contributed by atoms with Crippen LogP contribution in [0.1, 0.15) is 43.6 Å². The Morgan fingerprint density at radius 2 is 1.77 bits per heavy atom. The summed E-state index contributed by atoms with van der Waals surface area (Å²) in [7, 11) is 1.72. The smallest absolute Gasteiger partial charge is 0.120 e. The standard InChI is InChI=1S/C22H31NO3/c1-24-22-6-3-2-5-20(22)17-25-15-4-16-26-21-9-7-18(8-10-21)19-11-13-23-14-12-19/h5-10,19,23H,2-4,11-17H2,1H3. The number of hydrogen-bond donors (Lipinski definition) is 1. The third-order valence-corrected chi connectivity index (χ3v) is 5.07. The first kappa shape index (κ1) is 19.0. The highest BCUT2D eigenvalue weighted by Crippen LogP contribution is 2.26. The number of rotatable bonds is 9. The second kappa shape index (κ2) is 10.4.